The number of nitrogens with one attached hydrogen (secondary N) is 1. The van der Waals surface area contributed by atoms with E-state index in [-0.39, 0.29) is 0 Å². The summed E-state index contributed by atoms with van der Waals surface area (Å²) in [6, 6.07) is 0. The van der Waals surface area contributed by atoms with Gasteiger partial charge in [-0.3, -0.25) is 0 Å². The van der Waals surface area contributed by atoms with Crippen LogP contribution in [0.3, 0.4) is 0 Å². The summed E-state index contributed by atoms with van der Waals surface area (Å²) in [7, 11) is 1.99. The van der Waals surface area contributed by atoms with Crippen molar-refractivity contribution in [1.29, 1.82) is 0 Å². The van der Waals surface area contributed by atoms with Gasteiger partial charge >= 0.3 is 0 Å². The maximum Gasteiger partial charge on any atom is 0.0509 e. The van der Waals surface area contributed by atoms with Crippen LogP contribution in [0, 0.1) is 11.8 Å². The Morgan fingerprint density at radius 1 is 1.56 bits per heavy atom. The van der Waals surface area contributed by atoms with E-state index in [2.05, 4.69) is 12.2 Å². The van der Waals surface area contributed by atoms with Gasteiger partial charge in [0, 0.05) is 13.2 Å². The topological polar surface area (TPSA) is 21.3 Å². The van der Waals surface area contributed by atoms with Crippen LogP contribution in [-0.2, 0) is 4.74 Å². The van der Waals surface area contributed by atoms with Gasteiger partial charge in [-0.25, -0.2) is 0 Å². The van der Waals surface area contributed by atoms with Crippen molar-refractivity contribution in [3.05, 3.63) is 0 Å². The summed E-state index contributed by atoms with van der Waals surface area (Å²) < 4.78 is 5.28. The highest BCUT2D eigenvalue weighted by molar-refractivity contribution is 4.72. The summed E-state index contributed by atoms with van der Waals surface area (Å²) in [4.78, 5) is 0. The van der Waals surface area contributed by atoms with E-state index in [9.17, 15) is 0 Å². The standard InChI is InChI=1S/C7H15NO/c1-6-4-9-5-7(6)3-8-2/h6-8H,3-5H2,1-2H3/t6-,7-/m0/s1. The van der Waals surface area contributed by atoms with Gasteiger partial charge in [-0.05, 0) is 18.9 Å². The van der Waals surface area contributed by atoms with Crippen molar-refractivity contribution in [3.63, 3.8) is 0 Å². The highest BCUT2D eigenvalue weighted by Gasteiger charge is 2.22. The van der Waals surface area contributed by atoms with Gasteiger partial charge in [0.2, 0.25) is 0 Å². The fraction of sp³-hybridized carbons (Fsp3) is 1.00. The molecule has 0 radical (unpaired) electrons. The van der Waals surface area contributed by atoms with E-state index in [1.165, 1.54) is 0 Å². The molecule has 0 saturated carbocycles. The quantitative estimate of drug-likeness (QED) is 0.586. The summed E-state index contributed by atoms with van der Waals surface area (Å²) >= 11 is 0. The Bertz CT molecular complexity index is 85.0. The monoisotopic (exact) mass is 129 g/mol. The minimum atomic E-state index is 0.745. The van der Waals surface area contributed by atoms with E-state index in [0.717, 1.165) is 31.6 Å². The molecule has 1 saturated heterocycles. The normalized spacial score (nSPS) is 35.3. The molecule has 2 heteroatoms. The van der Waals surface area contributed by atoms with Crippen LogP contribution in [-0.4, -0.2) is 26.8 Å². The zero-order valence-corrected chi connectivity index (χ0v) is 6.18. The number of ether oxygens (including phenoxy) is 1. The van der Waals surface area contributed by atoms with Gasteiger partial charge in [-0.2, -0.15) is 0 Å². The minimum Gasteiger partial charge on any atom is -0.381 e. The van der Waals surface area contributed by atoms with Crippen molar-refractivity contribution < 1.29 is 4.74 Å². The van der Waals surface area contributed by atoms with Gasteiger partial charge in [0.25, 0.3) is 0 Å². The Kier molecular flexibility index (Phi) is 2.49. The summed E-state index contributed by atoms with van der Waals surface area (Å²) in [5.41, 5.74) is 0. The first-order valence-corrected chi connectivity index (χ1v) is 3.57. The molecule has 0 aliphatic carbocycles. The molecular weight excluding hydrogens is 114 g/mol. The van der Waals surface area contributed by atoms with Gasteiger partial charge in [0.15, 0.2) is 0 Å². The second-order valence-corrected chi connectivity index (χ2v) is 2.83. The summed E-state index contributed by atoms with van der Waals surface area (Å²) in [5.74, 6) is 1.49. The summed E-state index contributed by atoms with van der Waals surface area (Å²) in [6.07, 6.45) is 0. The maximum atomic E-state index is 5.28. The van der Waals surface area contributed by atoms with Crippen LogP contribution in [0.1, 0.15) is 6.92 Å². The lowest BCUT2D eigenvalue weighted by Crippen LogP contribution is -2.23. The molecule has 0 aromatic carbocycles. The maximum absolute atomic E-state index is 5.28. The third-order valence-corrected chi connectivity index (χ3v) is 1.98. The Morgan fingerprint density at radius 3 is 2.78 bits per heavy atom. The van der Waals surface area contributed by atoms with E-state index in [1.54, 1.807) is 0 Å². The van der Waals surface area contributed by atoms with Crippen molar-refractivity contribution in [2.75, 3.05) is 26.8 Å². The molecule has 1 fully saturated rings. The fourth-order valence-corrected chi connectivity index (χ4v) is 1.23. The molecule has 9 heavy (non-hydrogen) atoms. The molecule has 1 N–H and O–H groups in total. The van der Waals surface area contributed by atoms with Gasteiger partial charge in [-0.15, -0.1) is 0 Å². The predicted octanol–water partition coefficient (Wildman–Crippen LogP) is 0.488. The van der Waals surface area contributed by atoms with E-state index < -0.39 is 0 Å². The van der Waals surface area contributed by atoms with E-state index in [0.29, 0.717) is 0 Å². The molecule has 54 valence electrons. The van der Waals surface area contributed by atoms with Gasteiger partial charge < -0.3 is 10.1 Å². The van der Waals surface area contributed by atoms with Crippen LogP contribution >= 0.6 is 0 Å². The van der Waals surface area contributed by atoms with Gasteiger partial charge in [0.05, 0.1) is 6.61 Å². The van der Waals surface area contributed by atoms with Crippen molar-refractivity contribution in [1.82, 2.24) is 5.32 Å². The Morgan fingerprint density at radius 2 is 2.33 bits per heavy atom. The van der Waals surface area contributed by atoms with Gasteiger partial charge in [0.1, 0.15) is 0 Å². The first-order chi connectivity index (χ1) is 4.34. The fourth-order valence-electron chi connectivity index (χ4n) is 1.23. The SMILES string of the molecule is CNC[C@H]1COC[C@@H]1C. The predicted molar refractivity (Wildman–Crippen MR) is 37.4 cm³/mol. The highest BCUT2D eigenvalue weighted by Crippen LogP contribution is 2.18. The average Bonchev–Trinajstić information content (AvgIpc) is 2.18. The molecule has 0 amide bonds. The average molecular weight is 129 g/mol. The molecule has 0 unspecified atom stereocenters. The lowest BCUT2D eigenvalue weighted by atomic mass is 9.98. The Hall–Kier alpha value is -0.0800. The largest absolute Gasteiger partial charge is 0.381 e. The Labute approximate surface area is 56.6 Å². The minimum absolute atomic E-state index is 0.745. The molecular formula is C7H15NO. The molecule has 0 aromatic rings. The highest BCUT2D eigenvalue weighted by atomic mass is 16.5. The van der Waals surface area contributed by atoms with Crippen LogP contribution in [0.5, 0.6) is 0 Å². The molecule has 1 heterocycles. The zero-order valence-electron chi connectivity index (χ0n) is 6.18. The molecule has 0 bridgehead atoms. The number of hydrogen-bond acceptors (Lipinski definition) is 2. The molecule has 1 rings (SSSR count). The van der Waals surface area contributed by atoms with Gasteiger partial charge in [-0.1, -0.05) is 6.92 Å². The smallest absolute Gasteiger partial charge is 0.0509 e. The molecule has 2 atom stereocenters. The van der Waals surface area contributed by atoms with E-state index in [1.807, 2.05) is 7.05 Å². The lowest BCUT2D eigenvalue weighted by molar-refractivity contribution is 0.181. The first kappa shape index (κ1) is 7.03. The summed E-state index contributed by atoms with van der Waals surface area (Å²) in [6.45, 7) is 5.24. The third-order valence-electron chi connectivity index (χ3n) is 1.98. The van der Waals surface area contributed by atoms with E-state index >= 15 is 0 Å². The van der Waals surface area contributed by atoms with Crippen LogP contribution in [0.15, 0.2) is 0 Å². The summed E-state index contributed by atoms with van der Waals surface area (Å²) in [5, 5.41) is 3.16. The lowest BCUT2D eigenvalue weighted by Gasteiger charge is -2.10. The first-order valence-electron chi connectivity index (χ1n) is 3.57. The molecule has 2 nitrogen and oxygen atoms in total. The van der Waals surface area contributed by atoms with Crippen molar-refractivity contribution >= 4 is 0 Å². The van der Waals surface area contributed by atoms with Crippen LogP contribution < -0.4 is 5.32 Å². The van der Waals surface area contributed by atoms with E-state index in [4.69, 9.17) is 4.74 Å². The van der Waals surface area contributed by atoms with Crippen LogP contribution in [0.25, 0.3) is 0 Å². The number of rotatable bonds is 2. The Balaban J connectivity index is 2.22. The van der Waals surface area contributed by atoms with Crippen LogP contribution in [0.4, 0.5) is 0 Å². The molecule has 0 spiro atoms. The second-order valence-electron chi connectivity index (χ2n) is 2.83. The second kappa shape index (κ2) is 3.18. The zero-order chi connectivity index (χ0) is 6.69. The number of hydrogen-bond donors (Lipinski definition) is 1. The van der Waals surface area contributed by atoms with Crippen molar-refractivity contribution in [2.24, 2.45) is 11.8 Å². The molecule has 1 aliphatic heterocycles. The third kappa shape index (κ3) is 1.66. The molecule has 0 aromatic heterocycles. The van der Waals surface area contributed by atoms with Crippen LogP contribution in [0.2, 0.25) is 0 Å². The molecule has 1 aliphatic rings. The van der Waals surface area contributed by atoms with Crippen molar-refractivity contribution in [2.45, 2.75) is 6.92 Å². The van der Waals surface area contributed by atoms with Crippen molar-refractivity contribution in [3.8, 4) is 0 Å².